The van der Waals surface area contributed by atoms with Gasteiger partial charge in [-0.3, -0.25) is 0 Å². The van der Waals surface area contributed by atoms with Crippen LogP contribution in [0.1, 0.15) is 18.5 Å². The minimum Gasteiger partial charge on any atom is -0.457 e. The zero-order valence-corrected chi connectivity index (χ0v) is 11.1. The van der Waals surface area contributed by atoms with Gasteiger partial charge in [0.15, 0.2) is 0 Å². The fourth-order valence-electron chi connectivity index (χ4n) is 1.61. The Labute approximate surface area is 110 Å². The van der Waals surface area contributed by atoms with Crippen molar-refractivity contribution < 1.29 is 4.74 Å². The number of halogens is 1. The lowest BCUT2D eigenvalue weighted by Gasteiger charge is -2.13. The number of para-hydroxylation sites is 1. The minimum atomic E-state index is -0.0432. The van der Waals surface area contributed by atoms with Crippen LogP contribution in [0.4, 0.5) is 0 Å². The molecule has 2 nitrogen and oxygen atoms in total. The highest BCUT2D eigenvalue weighted by Crippen LogP contribution is 2.29. The Kier molecular flexibility index (Phi) is 3.82. The summed E-state index contributed by atoms with van der Waals surface area (Å²) >= 11 is 3.42. The summed E-state index contributed by atoms with van der Waals surface area (Å²) in [6, 6.07) is 15.5. The van der Waals surface area contributed by atoms with Crippen LogP contribution in [-0.4, -0.2) is 0 Å². The van der Waals surface area contributed by atoms with Crippen molar-refractivity contribution in [1.29, 1.82) is 0 Å². The van der Waals surface area contributed by atoms with E-state index in [0.717, 1.165) is 21.5 Å². The van der Waals surface area contributed by atoms with Gasteiger partial charge in [0.05, 0.1) is 0 Å². The van der Waals surface area contributed by atoms with Gasteiger partial charge in [0.25, 0.3) is 0 Å². The van der Waals surface area contributed by atoms with Crippen LogP contribution in [0.2, 0.25) is 0 Å². The molecular formula is C14H14BrNO. The smallest absolute Gasteiger partial charge is 0.132 e. The first kappa shape index (κ1) is 12.1. The summed E-state index contributed by atoms with van der Waals surface area (Å²) in [6.07, 6.45) is 0. The minimum absolute atomic E-state index is 0.0432. The molecule has 0 aromatic heterocycles. The van der Waals surface area contributed by atoms with Crippen LogP contribution in [0.15, 0.2) is 53.0 Å². The molecule has 2 aromatic carbocycles. The normalized spacial score (nSPS) is 12.2. The highest BCUT2D eigenvalue weighted by Gasteiger charge is 2.07. The molecule has 0 aliphatic heterocycles. The molecule has 0 fully saturated rings. The van der Waals surface area contributed by atoms with Crippen LogP contribution < -0.4 is 10.5 Å². The predicted molar refractivity (Wildman–Crippen MR) is 73.3 cm³/mol. The van der Waals surface area contributed by atoms with Crippen molar-refractivity contribution in [2.75, 3.05) is 0 Å². The number of rotatable bonds is 3. The van der Waals surface area contributed by atoms with Gasteiger partial charge in [-0.25, -0.2) is 0 Å². The van der Waals surface area contributed by atoms with Gasteiger partial charge in [-0.2, -0.15) is 0 Å². The molecule has 0 heterocycles. The molecule has 2 rings (SSSR count). The van der Waals surface area contributed by atoms with Gasteiger partial charge >= 0.3 is 0 Å². The number of ether oxygens (including phenoxy) is 1. The van der Waals surface area contributed by atoms with E-state index in [0.29, 0.717) is 0 Å². The summed E-state index contributed by atoms with van der Waals surface area (Å²) in [5.74, 6) is 1.60. The molecular weight excluding hydrogens is 278 g/mol. The van der Waals surface area contributed by atoms with Crippen LogP contribution in [0.3, 0.4) is 0 Å². The summed E-state index contributed by atoms with van der Waals surface area (Å²) in [5.41, 5.74) is 6.92. The third kappa shape index (κ3) is 3.08. The maximum Gasteiger partial charge on any atom is 0.132 e. The number of nitrogens with two attached hydrogens (primary N) is 1. The second kappa shape index (κ2) is 5.34. The van der Waals surface area contributed by atoms with Crippen LogP contribution in [0.5, 0.6) is 11.5 Å². The van der Waals surface area contributed by atoms with Gasteiger partial charge in [0.2, 0.25) is 0 Å². The van der Waals surface area contributed by atoms with Crippen molar-refractivity contribution in [2.24, 2.45) is 5.73 Å². The van der Waals surface area contributed by atoms with Crippen molar-refractivity contribution in [3.8, 4) is 11.5 Å². The van der Waals surface area contributed by atoms with E-state index in [1.807, 2.05) is 55.5 Å². The molecule has 0 bridgehead atoms. The lowest BCUT2D eigenvalue weighted by molar-refractivity contribution is 0.472. The Morgan fingerprint density at radius 3 is 2.59 bits per heavy atom. The summed E-state index contributed by atoms with van der Waals surface area (Å²) in [4.78, 5) is 0. The van der Waals surface area contributed by atoms with Gasteiger partial charge in [0, 0.05) is 16.1 Å². The van der Waals surface area contributed by atoms with E-state index in [2.05, 4.69) is 15.9 Å². The number of hydrogen-bond acceptors (Lipinski definition) is 2. The maximum atomic E-state index is 5.91. The van der Waals surface area contributed by atoms with Gasteiger partial charge in [-0.05, 0) is 31.2 Å². The molecule has 17 heavy (non-hydrogen) atoms. The van der Waals surface area contributed by atoms with E-state index >= 15 is 0 Å². The molecule has 0 saturated carbocycles. The molecule has 0 aliphatic carbocycles. The summed E-state index contributed by atoms with van der Waals surface area (Å²) in [7, 11) is 0. The Bertz CT molecular complexity index is 511. The highest BCUT2D eigenvalue weighted by molar-refractivity contribution is 9.10. The SMILES string of the molecule is C[C@@H](N)c1ccccc1Oc1cccc(Br)c1. The maximum absolute atomic E-state index is 5.91. The van der Waals surface area contributed by atoms with Crippen molar-refractivity contribution in [3.63, 3.8) is 0 Å². The molecule has 3 heteroatoms. The molecule has 0 aliphatic rings. The van der Waals surface area contributed by atoms with E-state index in [1.54, 1.807) is 0 Å². The Hall–Kier alpha value is -1.32. The molecule has 88 valence electrons. The lowest BCUT2D eigenvalue weighted by Crippen LogP contribution is -2.06. The van der Waals surface area contributed by atoms with E-state index in [4.69, 9.17) is 10.5 Å². The molecule has 2 aromatic rings. The highest BCUT2D eigenvalue weighted by atomic mass is 79.9. The van der Waals surface area contributed by atoms with E-state index < -0.39 is 0 Å². The van der Waals surface area contributed by atoms with Crippen LogP contribution >= 0.6 is 15.9 Å². The summed E-state index contributed by atoms with van der Waals surface area (Å²) in [6.45, 7) is 1.95. The topological polar surface area (TPSA) is 35.2 Å². The van der Waals surface area contributed by atoms with Gasteiger partial charge in [0.1, 0.15) is 11.5 Å². The zero-order valence-electron chi connectivity index (χ0n) is 9.56. The van der Waals surface area contributed by atoms with Crippen molar-refractivity contribution in [1.82, 2.24) is 0 Å². The van der Waals surface area contributed by atoms with Crippen LogP contribution in [0, 0.1) is 0 Å². The zero-order chi connectivity index (χ0) is 12.3. The average molecular weight is 292 g/mol. The van der Waals surface area contributed by atoms with E-state index in [-0.39, 0.29) is 6.04 Å². The summed E-state index contributed by atoms with van der Waals surface area (Å²) < 4.78 is 6.84. The molecule has 0 spiro atoms. The Morgan fingerprint density at radius 2 is 1.88 bits per heavy atom. The van der Waals surface area contributed by atoms with Crippen molar-refractivity contribution in [2.45, 2.75) is 13.0 Å². The summed E-state index contributed by atoms with van der Waals surface area (Å²) in [5, 5.41) is 0. The second-order valence-electron chi connectivity index (χ2n) is 3.89. The molecule has 0 unspecified atom stereocenters. The molecule has 2 N–H and O–H groups in total. The first-order chi connectivity index (χ1) is 8.16. The average Bonchev–Trinajstić information content (AvgIpc) is 2.29. The first-order valence-electron chi connectivity index (χ1n) is 5.45. The largest absolute Gasteiger partial charge is 0.457 e. The quantitative estimate of drug-likeness (QED) is 0.917. The third-order valence-corrected chi connectivity index (χ3v) is 2.93. The Morgan fingerprint density at radius 1 is 1.12 bits per heavy atom. The monoisotopic (exact) mass is 291 g/mol. The van der Waals surface area contributed by atoms with Gasteiger partial charge in [-0.15, -0.1) is 0 Å². The molecule has 1 atom stereocenters. The lowest BCUT2D eigenvalue weighted by atomic mass is 10.1. The predicted octanol–water partition coefficient (Wildman–Crippen LogP) is 4.26. The van der Waals surface area contributed by atoms with Crippen LogP contribution in [-0.2, 0) is 0 Å². The fourth-order valence-corrected chi connectivity index (χ4v) is 1.99. The number of benzene rings is 2. The van der Waals surface area contributed by atoms with Crippen molar-refractivity contribution >= 4 is 15.9 Å². The molecule has 0 saturated heterocycles. The standard InChI is InChI=1S/C14H14BrNO/c1-10(16)13-7-2-3-8-14(13)17-12-6-4-5-11(15)9-12/h2-10H,16H2,1H3/t10-/m1/s1. The van der Waals surface area contributed by atoms with Crippen molar-refractivity contribution in [3.05, 3.63) is 58.6 Å². The number of hydrogen-bond donors (Lipinski definition) is 1. The van der Waals surface area contributed by atoms with E-state index in [9.17, 15) is 0 Å². The fraction of sp³-hybridized carbons (Fsp3) is 0.143. The molecule has 0 radical (unpaired) electrons. The van der Waals surface area contributed by atoms with Gasteiger partial charge in [-0.1, -0.05) is 40.2 Å². The van der Waals surface area contributed by atoms with Gasteiger partial charge < -0.3 is 10.5 Å². The molecule has 0 amide bonds. The van der Waals surface area contributed by atoms with E-state index in [1.165, 1.54) is 0 Å². The first-order valence-corrected chi connectivity index (χ1v) is 6.24. The Balaban J connectivity index is 2.30. The second-order valence-corrected chi connectivity index (χ2v) is 4.80. The third-order valence-electron chi connectivity index (χ3n) is 2.43. The van der Waals surface area contributed by atoms with Crippen LogP contribution in [0.25, 0.3) is 0 Å².